The second-order valence-corrected chi connectivity index (χ2v) is 5.81. The first-order valence-electron chi connectivity index (χ1n) is 6.85. The van der Waals surface area contributed by atoms with Crippen molar-refractivity contribution in [3.63, 3.8) is 0 Å². The predicted octanol–water partition coefficient (Wildman–Crippen LogP) is 4.34. The van der Waals surface area contributed by atoms with Gasteiger partial charge in [-0.1, -0.05) is 41.9 Å². The average molecular weight is 302 g/mol. The highest BCUT2D eigenvalue weighted by Crippen LogP contribution is 2.48. The standard InChI is InChI=1S/C17H13ClFNO/c18-12-6-3-7-13-15(12)11(8-20-13)14-9-4-1-2-5-10(9)17(21)16(14)19/h1-8,14,16-17,20-21H. The van der Waals surface area contributed by atoms with E-state index in [2.05, 4.69) is 4.98 Å². The molecule has 0 aliphatic heterocycles. The van der Waals surface area contributed by atoms with Crippen LogP contribution in [0.25, 0.3) is 10.9 Å². The van der Waals surface area contributed by atoms with Gasteiger partial charge in [-0.15, -0.1) is 0 Å². The van der Waals surface area contributed by atoms with E-state index in [0.29, 0.717) is 10.6 Å². The van der Waals surface area contributed by atoms with Gasteiger partial charge in [-0.2, -0.15) is 0 Å². The molecule has 2 nitrogen and oxygen atoms in total. The average Bonchev–Trinajstić information content (AvgIpc) is 3.02. The maximum absolute atomic E-state index is 14.7. The Labute approximate surface area is 126 Å². The monoisotopic (exact) mass is 301 g/mol. The van der Waals surface area contributed by atoms with Gasteiger partial charge in [0.05, 0.1) is 5.02 Å². The van der Waals surface area contributed by atoms with E-state index in [9.17, 15) is 9.50 Å². The summed E-state index contributed by atoms with van der Waals surface area (Å²) in [6.07, 6.45) is -0.654. The van der Waals surface area contributed by atoms with Crippen molar-refractivity contribution in [2.24, 2.45) is 0 Å². The maximum atomic E-state index is 14.7. The number of aromatic nitrogens is 1. The summed E-state index contributed by atoms with van der Waals surface area (Å²) in [5.41, 5.74) is 3.17. The van der Waals surface area contributed by atoms with Gasteiger partial charge in [-0.25, -0.2) is 4.39 Å². The van der Waals surface area contributed by atoms with Gasteiger partial charge in [0.25, 0.3) is 0 Å². The lowest BCUT2D eigenvalue weighted by atomic mass is 9.91. The van der Waals surface area contributed by atoms with Gasteiger partial charge >= 0.3 is 0 Å². The van der Waals surface area contributed by atoms with Crippen LogP contribution in [-0.2, 0) is 0 Å². The lowest BCUT2D eigenvalue weighted by Gasteiger charge is -2.15. The van der Waals surface area contributed by atoms with E-state index in [4.69, 9.17) is 11.6 Å². The third-order valence-electron chi connectivity index (χ3n) is 4.29. The number of aromatic amines is 1. The molecular weight excluding hydrogens is 289 g/mol. The molecule has 4 heteroatoms. The summed E-state index contributed by atoms with van der Waals surface area (Å²) in [5.74, 6) is -0.496. The van der Waals surface area contributed by atoms with E-state index in [1.165, 1.54) is 0 Å². The molecule has 4 rings (SSSR count). The van der Waals surface area contributed by atoms with Crippen molar-refractivity contribution in [2.75, 3.05) is 0 Å². The van der Waals surface area contributed by atoms with Crippen molar-refractivity contribution in [3.05, 3.63) is 70.4 Å². The molecule has 106 valence electrons. The lowest BCUT2D eigenvalue weighted by Crippen LogP contribution is -2.13. The van der Waals surface area contributed by atoms with Crippen molar-refractivity contribution < 1.29 is 9.50 Å². The number of halogens is 2. The number of rotatable bonds is 1. The van der Waals surface area contributed by atoms with Gasteiger partial charge in [0.2, 0.25) is 0 Å². The molecule has 0 fully saturated rings. The zero-order chi connectivity index (χ0) is 14.6. The quantitative estimate of drug-likeness (QED) is 0.689. The van der Waals surface area contributed by atoms with Gasteiger partial charge in [-0.3, -0.25) is 0 Å². The summed E-state index contributed by atoms with van der Waals surface area (Å²) >= 11 is 6.29. The number of aliphatic hydroxyl groups is 1. The Kier molecular flexibility index (Phi) is 2.81. The molecule has 0 radical (unpaired) electrons. The van der Waals surface area contributed by atoms with Crippen molar-refractivity contribution in [1.29, 1.82) is 0 Å². The number of benzene rings is 2. The van der Waals surface area contributed by atoms with Crippen LogP contribution < -0.4 is 0 Å². The first kappa shape index (κ1) is 12.9. The van der Waals surface area contributed by atoms with Crippen LogP contribution in [0.2, 0.25) is 5.02 Å². The molecule has 3 unspecified atom stereocenters. The Morgan fingerprint density at radius 1 is 1.00 bits per heavy atom. The van der Waals surface area contributed by atoms with Gasteiger partial charge in [0.15, 0.2) is 0 Å². The van der Waals surface area contributed by atoms with Crippen molar-refractivity contribution in [1.82, 2.24) is 4.98 Å². The molecule has 3 aromatic rings. The van der Waals surface area contributed by atoms with Crippen molar-refractivity contribution >= 4 is 22.5 Å². The SMILES string of the molecule is OC1c2ccccc2C(c2c[nH]c3cccc(Cl)c23)C1F. The summed E-state index contributed by atoms with van der Waals surface area (Å²) in [5, 5.41) is 11.6. The number of alkyl halides is 1. The highest BCUT2D eigenvalue weighted by molar-refractivity contribution is 6.35. The van der Waals surface area contributed by atoms with E-state index in [0.717, 1.165) is 22.0 Å². The molecular formula is C17H13ClFNO. The summed E-state index contributed by atoms with van der Waals surface area (Å²) in [4.78, 5) is 3.14. The van der Waals surface area contributed by atoms with Crippen molar-refractivity contribution in [2.45, 2.75) is 18.2 Å². The van der Waals surface area contributed by atoms with E-state index in [-0.39, 0.29) is 0 Å². The smallest absolute Gasteiger partial charge is 0.141 e. The highest BCUT2D eigenvalue weighted by Gasteiger charge is 2.41. The van der Waals surface area contributed by atoms with Gasteiger partial charge < -0.3 is 10.1 Å². The summed E-state index contributed by atoms with van der Waals surface area (Å²) in [6, 6.07) is 12.9. The first-order chi connectivity index (χ1) is 10.2. The van der Waals surface area contributed by atoms with Crippen LogP contribution in [-0.4, -0.2) is 16.3 Å². The lowest BCUT2D eigenvalue weighted by molar-refractivity contribution is 0.0848. The third-order valence-corrected chi connectivity index (χ3v) is 4.61. The summed E-state index contributed by atoms with van der Waals surface area (Å²) < 4.78 is 14.7. The number of hydrogen-bond acceptors (Lipinski definition) is 1. The minimum absolute atomic E-state index is 0.496. The number of H-pyrrole nitrogens is 1. The Hall–Kier alpha value is -1.84. The number of fused-ring (bicyclic) bond motifs is 2. The zero-order valence-electron chi connectivity index (χ0n) is 11.1. The molecule has 0 bridgehead atoms. The fourth-order valence-corrected chi connectivity index (χ4v) is 3.62. The molecule has 2 N–H and O–H groups in total. The fraction of sp³-hybridized carbons (Fsp3) is 0.176. The molecule has 0 spiro atoms. The largest absolute Gasteiger partial charge is 0.385 e. The van der Waals surface area contributed by atoms with Gasteiger partial charge in [0.1, 0.15) is 12.3 Å². The summed E-state index contributed by atoms with van der Waals surface area (Å²) in [7, 11) is 0. The van der Waals surface area contributed by atoms with Gasteiger partial charge in [-0.05, 0) is 28.8 Å². The van der Waals surface area contributed by atoms with Crippen LogP contribution in [0.15, 0.2) is 48.7 Å². The minimum Gasteiger partial charge on any atom is -0.385 e. The molecule has 0 amide bonds. The number of nitrogens with one attached hydrogen (secondary N) is 1. The molecule has 2 aromatic carbocycles. The van der Waals surface area contributed by atoms with Crippen molar-refractivity contribution in [3.8, 4) is 0 Å². The van der Waals surface area contributed by atoms with Crippen LogP contribution in [0.3, 0.4) is 0 Å². The first-order valence-corrected chi connectivity index (χ1v) is 7.22. The van der Waals surface area contributed by atoms with Crippen LogP contribution in [0, 0.1) is 0 Å². The number of hydrogen-bond donors (Lipinski definition) is 2. The Balaban J connectivity index is 1.97. The Morgan fingerprint density at radius 3 is 2.57 bits per heavy atom. The normalized spacial score (nSPS) is 24.4. The second kappa shape index (κ2) is 4.58. The van der Waals surface area contributed by atoms with E-state index < -0.39 is 18.2 Å². The molecule has 1 aliphatic carbocycles. The van der Waals surface area contributed by atoms with E-state index >= 15 is 0 Å². The van der Waals surface area contributed by atoms with Crippen LogP contribution >= 0.6 is 11.6 Å². The predicted molar refractivity (Wildman–Crippen MR) is 81.4 cm³/mol. The maximum Gasteiger partial charge on any atom is 0.141 e. The molecule has 3 atom stereocenters. The topological polar surface area (TPSA) is 36.0 Å². The summed E-state index contributed by atoms with van der Waals surface area (Å²) in [6.45, 7) is 0. The van der Waals surface area contributed by atoms with Crippen LogP contribution in [0.1, 0.15) is 28.7 Å². The van der Waals surface area contributed by atoms with E-state index in [1.807, 2.05) is 30.3 Å². The highest BCUT2D eigenvalue weighted by atomic mass is 35.5. The van der Waals surface area contributed by atoms with Gasteiger partial charge in [0, 0.05) is 23.0 Å². The fourth-order valence-electron chi connectivity index (χ4n) is 3.34. The molecule has 21 heavy (non-hydrogen) atoms. The second-order valence-electron chi connectivity index (χ2n) is 5.40. The minimum atomic E-state index is -1.36. The molecule has 1 heterocycles. The number of aliphatic hydroxyl groups excluding tert-OH is 1. The van der Waals surface area contributed by atoms with Crippen LogP contribution in [0.4, 0.5) is 4.39 Å². The van der Waals surface area contributed by atoms with E-state index in [1.54, 1.807) is 18.3 Å². The zero-order valence-corrected chi connectivity index (χ0v) is 11.8. The van der Waals surface area contributed by atoms with Crippen LogP contribution in [0.5, 0.6) is 0 Å². The molecule has 1 aromatic heterocycles. The Bertz CT molecular complexity index is 829. The molecule has 1 aliphatic rings. The molecule has 0 saturated carbocycles. The Morgan fingerprint density at radius 2 is 1.76 bits per heavy atom. The third kappa shape index (κ3) is 1.74. The molecule has 0 saturated heterocycles.